The Balaban J connectivity index is 2.80. The molecule has 1 aromatic rings. The number of nitrogens with two attached hydrogens (primary N) is 1. The van der Waals surface area contributed by atoms with Crippen LogP contribution in [-0.4, -0.2) is 12.1 Å². The van der Waals surface area contributed by atoms with E-state index in [-0.39, 0.29) is 20.9 Å². The monoisotopic (exact) mass is 288 g/mol. The van der Waals surface area contributed by atoms with Crippen molar-refractivity contribution < 1.29 is 22.8 Å². The molecule has 0 heterocycles. The van der Waals surface area contributed by atoms with E-state index >= 15 is 0 Å². The van der Waals surface area contributed by atoms with Crippen LogP contribution < -0.4 is 11.0 Å². The van der Waals surface area contributed by atoms with Crippen molar-refractivity contribution in [1.29, 1.82) is 0 Å². The number of nitrogens with zero attached hydrogens (tertiary/aromatic N) is 1. The average Bonchev–Trinajstić information content (AvgIpc) is 2.20. The van der Waals surface area contributed by atoms with Crippen molar-refractivity contribution in [3.05, 3.63) is 28.2 Å². The average molecular weight is 289 g/mol. The van der Waals surface area contributed by atoms with Crippen molar-refractivity contribution in [2.24, 2.45) is 5.84 Å². The Hall–Kier alpha value is -1.18. The van der Waals surface area contributed by atoms with Gasteiger partial charge in [0, 0.05) is 0 Å². The molecule has 0 aliphatic rings. The fourth-order valence-electron chi connectivity index (χ4n) is 0.816. The van der Waals surface area contributed by atoms with Gasteiger partial charge in [0.1, 0.15) is 0 Å². The van der Waals surface area contributed by atoms with Gasteiger partial charge in [0.2, 0.25) is 0 Å². The molecule has 0 aromatic heterocycles. The molecule has 0 bridgehead atoms. The topological polar surface area (TPSA) is 55.6 Å². The highest BCUT2D eigenvalue weighted by Crippen LogP contribution is 2.27. The van der Waals surface area contributed by atoms with Crippen LogP contribution in [-0.2, 0) is 9.63 Å². The van der Waals surface area contributed by atoms with E-state index in [9.17, 15) is 18.0 Å². The summed E-state index contributed by atoms with van der Waals surface area (Å²) < 4.78 is 35.6. The van der Waals surface area contributed by atoms with Gasteiger partial charge in [0.25, 0.3) is 0 Å². The van der Waals surface area contributed by atoms with Crippen LogP contribution in [0.5, 0.6) is 0 Å². The van der Waals surface area contributed by atoms with E-state index in [0.717, 1.165) is 6.07 Å². The van der Waals surface area contributed by atoms with Gasteiger partial charge in [-0.05, 0) is 18.2 Å². The SMILES string of the molecule is NN(OC(=O)C(F)(F)F)c1ccc(Cl)c(Cl)c1. The minimum absolute atomic E-state index is 0.0580. The highest BCUT2D eigenvalue weighted by Gasteiger charge is 2.42. The van der Waals surface area contributed by atoms with Gasteiger partial charge in [-0.3, -0.25) is 0 Å². The zero-order chi connectivity index (χ0) is 13.2. The zero-order valence-corrected chi connectivity index (χ0v) is 9.47. The Bertz CT molecular complexity index is 439. The summed E-state index contributed by atoms with van der Waals surface area (Å²) in [6.07, 6.45) is -5.13. The molecule has 0 aliphatic carbocycles. The van der Waals surface area contributed by atoms with Gasteiger partial charge in [-0.15, -0.1) is 5.17 Å². The maximum absolute atomic E-state index is 11.9. The smallest absolute Gasteiger partial charge is 0.316 e. The Kier molecular flexibility index (Phi) is 4.07. The van der Waals surface area contributed by atoms with E-state index in [2.05, 4.69) is 4.84 Å². The summed E-state index contributed by atoms with van der Waals surface area (Å²) in [4.78, 5) is 14.3. The van der Waals surface area contributed by atoms with Crippen molar-refractivity contribution in [2.45, 2.75) is 6.18 Å². The molecule has 0 unspecified atom stereocenters. The first-order chi connectivity index (χ1) is 7.71. The molecule has 0 aliphatic heterocycles. The third-order valence-electron chi connectivity index (χ3n) is 1.57. The normalized spacial score (nSPS) is 11.2. The molecule has 2 N–H and O–H groups in total. The van der Waals surface area contributed by atoms with Gasteiger partial charge >= 0.3 is 12.1 Å². The van der Waals surface area contributed by atoms with E-state index in [0.29, 0.717) is 0 Å². The van der Waals surface area contributed by atoms with Crippen molar-refractivity contribution in [3.8, 4) is 0 Å². The molecule has 4 nitrogen and oxygen atoms in total. The summed E-state index contributed by atoms with van der Waals surface area (Å²) in [6, 6.07) is 3.67. The first-order valence-electron chi connectivity index (χ1n) is 4.01. The largest absolute Gasteiger partial charge is 0.493 e. The molecule has 17 heavy (non-hydrogen) atoms. The molecule has 0 saturated heterocycles. The summed E-state index contributed by atoms with van der Waals surface area (Å²) in [6.45, 7) is 0. The molecule has 9 heteroatoms. The van der Waals surface area contributed by atoms with Crippen LogP contribution in [0.2, 0.25) is 10.0 Å². The van der Waals surface area contributed by atoms with Gasteiger partial charge in [0.15, 0.2) is 0 Å². The van der Waals surface area contributed by atoms with Crippen LogP contribution >= 0.6 is 23.2 Å². The lowest BCUT2D eigenvalue weighted by atomic mass is 10.3. The van der Waals surface area contributed by atoms with Crippen LogP contribution in [0.15, 0.2) is 18.2 Å². The van der Waals surface area contributed by atoms with Crippen molar-refractivity contribution in [1.82, 2.24) is 0 Å². The number of hydrazine groups is 1. The van der Waals surface area contributed by atoms with E-state index in [1.54, 1.807) is 0 Å². The highest BCUT2D eigenvalue weighted by molar-refractivity contribution is 6.42. The molecule has 0 atom stereocenters. The molecule has 0 saturated carbocycles. The fraction of sp³-hybridized carbons (Fsp3) is 0.125. The maximum atomic E-state index is 11.9. The number of halogens is 5. The standard InChI is InChI=1S/C8H5Cl2F3N2O2/c9-5-2-1-4(3-6(5)10)15(14)17-7(16)8(11,12)13/h1-3H,14H2. The second kappa shape index (κ2) is 4.99. The number of alkyl halides is 3. The lowest BCUT2D eigenvalue weighted by molar-refractivity contribution is -0.201. The number of hydrogen-bond donors (Lipinski definition) is 1. The predicted octanol–water partition coefficient (Wildman–Crippen LogP) is 2.69. The molecule has 1 rings (SSSR count). The molecule has 1 aromatic carbocycles. The highest BCUT2D eigenvalue weighted by atomic mass is 35.5. The molecule has 0 radical (unpaired) electrons. The van der Waals surface area contributed by atoms with Crippen molar-refractivity contribution in [3.63, 3.8) is 0 Å². The van der Waals surface area contributed by atoms with E-state index in [1.165, 1.54) is 12.1 Å². The van der Waals surface area contributed by atoms with Gasteiger partial charge in [-0.1, -0.05) is 23.2 Å². The molecular weight excluding hydrogens is 284 g/mol. The second-order valence-corrected chi connectivity index (χ2v) is 3.62. The number of carbonyl (C=O) groups excluding carboxylic acids is 1. The van der Waals surface area contributed by atoms with Gasteiger partial charge < -0.3 is 4.84 Å². The summed E-state index contributed by atoms with van der Waals surface area (Å²) >= 11 is 11.2. The minimum Gasteiger partial charge on any atom is -0.316 e. The number of carbonyl (C=O) groups is 1. The van der Waals surface area contributed by atoms with E-state index in [4.69, 9.17) is 29.0 Å². The Morgan fingerprint density at radius 2 is 1.88 bits per heavy atom. The first kappa shape index (κ1) is 13.9. The lowest BCUT2D eigenvalue weighted by Crippen LogP contribution is -2.39. The van der Waals surface area contributed by atoms with Gasteiger partial charge in [0.05, 0.1) is 15.7 Å². The van der Waals surface area contributed by atoms with Crippen LogP contribution in [0.25, 0.3) is 0 Å². The first-order valence-corrected chi connectivity index (χ1v) is 4.76. The Morgan fingerprint density at radius 3 is 2.35 bits per heavy atom. The predicted molar refractivity (Wildman–Crippen MR) is 55.3 cm³/mol. The van der Waals surface area contributed by atoms with Gasteiger partial charge in [-0.2, -0.15) is 13.2 Å². The Morgan fingerprint density at radius 1 is 1.29 bits per heavy atom. The quantitative estimate of drug-likeness (QED) is 0.671. The summed E-state index contributed by atoms with van der Waals surface area (Å²) in [7, 11) is 0. The summed E-state index contributed by atoms with van der Waals surface area (Å²) in [5, 5.41) is 0.395. The van der Waals surface area contributed by atoms with E-state index in [1.807, 2.05) is 0 Å². The van der Waals surface area contributed by atoms with E-state index < -0.39 is 12.1 Å². The Labute approximate surface area is 104 Å². The van der Waals surface area contributed by atoms with Crippen LogP contribution in [0, 0.1) is 0 Å². The molecule has 0 fully saturated rings. The van der Waals surface area contributed by atoms with Crippen LogP contribution in [0.3, 0.4) is 0 Å². The third-order valence-corrected chi connectivity index (χ3v) is 2.31. The van der Waals surface area contributed by atoms with Crippen molar-refractivity contribution in [2.75, 3.05) is 5.17 Å². The molecular formula is C8H5Cl2F3N2O2. The number of anilines is 1. The fourth-order valence-corrected chi connectivity index (χ4v) is 1.11. The van der Waals surface area contributed by atoms with Crippen LogP contribution in [0.1, 0.15) is 0 Å². The summed E-state index contributed by atoms with van der Waals surface area (Å²) in [5.74, 6) is 2.66. The lowest BCUT2D eigenvalue weighted by Gasteiger charge is -2.18. The summed E-state index contributed by atoms with van der Waals surface area (Å²) in [5.41, 5.74) is -0.0583. The third kappa shape index (κ3) is 3.65. The number of hydrogen-bond acceptors (Lipinski definition) is 4. The maximum Gasteiger partial charge on any atom is 0.493 e. The second-order valence-electron chi connectivity index (χ2n) is 2.80. The number of rotatable bonds is 2. The van der Waals surface area contributed by atoms with Crippen molar-refractivity contribution >= 4 is 34.9 Å². The zero-order valence-electron chi connectivity index (χ0n) is 7.96. The minimum atomic E-state index is -5.13. The molecule has 0 amide bonds. The van der Waals surface area contributed by atoms with Crippen LogP contribution in [0.4, 0.5) is 18.9 Å². The van der Waals surface area contributed by atoms with Gasteiger partial charge in [-0.25, -0.2) is 10.6 Å². The molecule has 94 valence electrons. The number of benzene rings is 1. The molecule has 0 spiro atoms.